The first-order valence-electron chi connectivity index (χ1n) is 6.20. The summed E-state index contributed by atoms with van der Waals surface area (Å²) < 4.78 is 27.0. The molecule has 7 heteroatoms. The second-order valence-electron chi connectivity index (χ2n) is 4.71. The van der Waals surface area contributed by atoms with Gasteiger partial charge in [0.15, 0.2) is 0 Å². The van der Waals surface area contributed by atoms with Crippen LogP contribution in [0.4, 0.5) is 0 Å². The molecule has 0 aliphatic heterocycles. The van der Waals surface area contributed by atoms with Crippen LogP contribution in [-0.4, -0.2) is 19.5 Å². The van der Waals surface area contributed by atoms with E-state index in [2.05, 4.69) is 4.72 Å². The number of carboxylic acid groups (broad SMARTS) is 1. The second kappa shape index (κ2) is 5.97. The Kier molecular flexibility index (Phi) is 4.46. The lowest BCUT2D eigenvalue weighted by Gasteiger charge is -2.14. The first kappa shape index (κ1) is 15.7. The van der Waals surface area contributed by atoms with E-state index in [4.69, 9.17) is 5.11 Å². The number of rotatable bonds is 5. The zero-order chi connectivity index (χ0) is 15.6. The van der Waals surface area contributed by atoms with Gasteiger partial charge in [-0.3, -0.25) is 0 Å². The van der Waals surface area contributed by atoms with Crippen LogP contribution in [0.5, 0.6) is 0 Å². The summed E-state index contributed by atoms with van der Waals surface area (Å²) in [5.74, 6) is -1.13. The third kappa shape index (κ3) is 3.69. The fraction of sp³-hybridized carbons (Fsp3) is 0.214. The van der Waals surface area contributed by atoms with Gasteiger partial charge in [-0.15, -0.1) is 11.3 Å². The second-order valence-corrected chi connectivity index (χ2v) is 7.33. The van der Waals surface area contributed by atoms with Gasteiger partial charge >= 0.3 is 5.97 Å². The Balaban J connectivity index is 2.20. The number of carbonyl (C=O) groups is 1. The molecule has 0 aliphatic carbocycles. The summed E-state index contributed by atoms with van der Waals surface area (Å²) in [7, 11) is -3.73. The van der Waals surface area contributed by atoms with Crippen molar-refractivity contribution in [3.8, 4) is 0 Å². The molecule has 2 N–H and O–H groups in total. The molecule has 0 amide bonds. The van der Waals surface area contributed by atoms with Gasteiger partial charge in [-0.1, -0.05) is 29.8 Å². The predicted octanol–water partition coefficient (Wildman–Crippen LogP) is 2.79. The fourth-order valence-electron chi connectivity index (χ4n) is 1.80. The van der Waals surface area contributed by atoms with Crippen LogP contribution >= 0.6 is 11.3 Å². The highest BCUT2D eigenvalue weighted by molar-refractivity contribution is 7.89. The molecule has 2 rings (SSSR count). The van der Waals surface area contributed by atoms with Gasteiger partial charge in [-0.05, 0) is 25.5 Å². The van der Waals surface area contributed by atoms with Crippen LogP contribution in [0.1, 0.15) is 33.8 Å². The highest BCUT2D eigenvalue weighted by Gasteiger charge is 2.21. The van der Waals surface area contributed by atoms with Gasteiger partial charge in [0.25, 0.3) is 0 Å². The van der Waals surface area contributed by atoms with Crippen molar-refractivity contribution >= 4 is 27.3 Å². The van der Waals surface area contributed by atoms with E-state index < -0.39 is 22.0 Å². The van der Waals surface area contributed by atoms with Crippen LogP contribution in [0.3, 0.4) is 0 Å². The first-order chi connectivity index (χ1) is 9.79. The highest BCUT2D eigenvalue weighted by atomic mass is 32.2. The molecule has 2 aromatic rings. The van der Waals surface area contributed by atoms with E-state index in [-0.39, 0.29) is 9.77 Å². The molecule has 0 spiro atoms. The summed E-state index contributed by atoms with van der Waals surface area (Å²) in [6.45, 7) is 3.70. The molecule has 5 nitrogen and oxygen atoms in total. The summed E-state index contributed by atoms with van der Waals surface area (Å²) >= 11 is 0.891. The topological polar surface area (TPSA) is 83.5 Å². The van der Waals surface area contributed by atoms with Crippen LogP contribution in [0.25, 0.3) is 0 Å². The zero-order valence-electron chi connectivity index (χ0n) is 11.5. The maximum atomic E-state index is 12.2. The maximum absolute atomic E-state index is 12.2. The van der Waals surface area contributed by atoms with Crippen molar-refractivity contribution in [3.05, 3.63) is 51.7 Å². The third-order valence-electron chi connectivity index (χ3n) is 3.01. The van der Waals surface area contributed by atoms with Crippen LogP contribution < -0.4 is 4.72 Å². The summed E-state index contributed by atoms with van der Waals surface area (Å²) in [6.07, 6.45) is 0. The van der Waals surface area contributed by atoms with Crippen molar-refractivity contribution in [3.63, 3.8) is 0 Å². The fourth-order valence-corrected chi connectivity index (χ4v) is 4.14. The number of carboxylic acids is 1. The Hall–Kier alpha value is -1.70. The van der Waals surface area contributed by atoms with Crippen molar-refractivity contribution in [2.24, 2.45) is 0 Å². The summed E-state index contributed by atoms with van der Waals surface area (Å²) in [5, 5.41) is 10.2. The molecule has 0 fully saturated rings. The minimum Gasteiger partial charge on any atom is -0.477 e. The largest absolute Gasteiger partial charge is 0.477 e. The van der Waals surface area contributed by atoms with Crippen molar-refractivity contribution in [1.29, 1.82) is 0 Å². The van der Waals surface area contributed by atoms with Gasteiger partial charge < -0.3 is 5.11 Å². The predicted molar refractivity (Wildman–Crippen MR) is 81.2 cm³/mol. The van der Waals surface area contributed by atoms with Gasteiger partial charge in [-0.2, -0.15) is 0 Å². The highest BCUT2D eigenvalue weighted by Crippen LogP contribution is 2.22. The lowest BCUT2D eigenvalue weighted by atomic mass is 10.1. The number of sulfonamides is 1. The number of nitrogens with one attached hydrogen (secondary N) is 1. The van der Waals surface area contributed by atoms with Gasteiger partial charge in [-0.25, -0.2) is 17.9 Å². The Bertz CT molecular complexity index is 748. The molecule has 0 radical (unpaired) electrons. The molecule has 0 saturated carbocycles. The molecular formula is C14H15NO4S2. The standard InChI is InChI=1S/C14H15NO4S2/c1-9-3-5-11(6-4-9)10(2)15-21(18,19)12-7-13(14(16)17)20-8-12/h3-8,10,15H,1-2H3,(H,16,17)/t10-/m0/s1. The third-order valence-corrected chi connectivity index (χ3v) is 5.59. The number of hydrogen-bond donors (Lipinski definition) is 2. The van der Waals surface area contributed by atoms with E-state index in [1.54, 1.807) is 6.92 Å². The van der Waals surface area contributed by atoms with E-state index in [9.17, 15) is 13.2 Å². The molecule has 112 valence electrons. The molecule has 1 aromatic heterocycles. The van der Waals surface area contributed by atoms with Crippen LogP contribution in [0.2, 0.25) is 0 Å². The minimum absolute atomic E-state index is 0.00151. The van der Waals surface area contributed by atoms with E-state index in [0.29, 0.717) is 0 Å². The van der Waals surface area contributed by atoms with E-state index in [1.807, 2.05) is 31.2 Å². The lowest BCUT2D eigenvalue weighted by molar-refractivity contribution is 0.0702. The normalized spacial score (nSPS) is 13.0. The Labute approximate surface area is 127 Å². The molecular weight excluding hydrogens is 310 g/mol. The van der Waals surface area contributed by atoms with Crippen LogP contribution in [-0.2, 0) is 10.0 Å². The van der Waals surface area contributed by atoms with Crippen LogP contribution in [0.15, 0.2) is 40.6 Å². The molecule has 0 unspecified atom stereocenters. The number of benzene rings is 1. The summed E-state index contributed by atoms with van der Waals surface area (Å²) in [6, 6.07) is 8.30. The molecule has 0 bridgehead atoms. The molecule has 0 aliphatic rings. The molecule has 1 heterocycles. The molecule has 21 heavy (non-hydrogen) atoms. The van der Waals surface area contributed by atoms with Crippen molar-refractivity contribution < 1.29 is 18.3 Å². The van der Waals surface area contributed by atoms with Crippen molar-refractivity contribution in [1.82, 2.24) is 4.72 Å². The average Bonchev–Trinajstić information content (AvgIpc) is 2.89. The van der Waals surface area contributed by atoms with Crippen LogP contribution in [0, 0.1) is 6.92 Å². The number of aryl methyl sites for hydroxylation is 1. The van der Waals surface area contributed by atoms with E-state index in [0.717, 1.165) is 28.5 Å². The van der Waals surface area contributed by atoms with E-state index in [1.165, 1.54) is 5.38 Å². The Morgan fingerprint density at radius 1 is 1.29 bits per heavy atom. The quantitative estimate of drug-likeness (QED) is 0.885. The summed E-state index contributed by atoms with van der Waals surface area (Å²) in [5.41, 5.74) is 1.94. The molecule has 1 aromatic carbocycles. The number of thiophene rings is 1. The molecule has 1 atom stereocenters. The smallest absolute Gasteiger partial charge is 0.345 e. The SMILES string of the molecule is Cc1ccc([C@H](C)NS(=O)(=O)c2csc(C(=O)O)c2)cc1. The monoisotopic (exact) mass is 325 g/mol. The maximum Gasteiger partial charge on any atom is 0.345 e. The Morgan fingerprint density at radius 2 is 1.90 bits per heavy atom. The first-order valence-corrected chi connectivity index (χ1v) is 8.56. The Morgan fingerprint density at radius 3 is 2.43 bits per heavy atom. The molecule has 0 saturated heterocycles. The van der Waals surface area contributed by atoms with Crippen molar-refractivity contribution in [2.75, 3.05) is 0 Å². The van der Waals surface area contributed by atoms with Gasteiger partial charge in [0.05, 0.1) is 4.90 Å². The summed E-state index contributed by atoms with van der Waals surface area (Å²) in [4.78, 5) is 10.8. The zero-order valence-corrected chi connectivity index (χ0v) is 13.2. The average molecular weight is 325 g/mol. The number of hydrogen-bond acceptors (Lipinski definition) is 4. The van der Waals surface area contributed by atoms with Crippen molar-refractivity contribution in [2.45, 2.75) is 24.8 Å². The van der Waals surface area contributed by atoms with E-state index >= 15 is 0 Å². The lowest BCUT2D eigenvalue weighted by Crippen LogP contribution is -2.26. The number of aromatic carboxylic acids is 1. The van der Waals surface area contributed by atoms with Gasteiger partial charge in [0.1, 0.15) is 4.88 Å². The van der Waals surface area contributed by atoms with Gasteiger partial charge in [0.2, 0.25) is 10.0 Å². The minimum atomic E-state index is -3.73. The van der Waals surface area contributed by atoms with Gasteiger partial charge in [0, 0.05) is 11.4 Å².